The maximum Gasteiger partial charge on any atom is 0.0675 e. The van der Waals surface area contributed by atoms with Crippen molar-refractivity contribution in [3.63, 3.8) is 0 Å². The average Bonchev–Trinajstić information content (AvgIpc) is 2.49. The first-order valence-electron chi connectivity index (χ1n) is 5.83. The van der Waals surface area contributed by atoms with Crippen molar-refractivity contribution in [1.82, 2.24) is 9.78 Å². The second-order valence-electron chi connectivity index (χ2n) is 5.07. The molecular formula is C12H21N3. The summed E-state index contributed by atoms with van der Waals surface area (Å²) in [7, 11) is 2.03. The highest BCUT2D eigenvalue weighted by Crippen LogP contribution is 2.36. The molecule has 1 aromatic heterocycles. The molecule has 2 rings (SSSR count). The third kappa shape index (κ3) is 1.59. The van der Waals surface area contributed by atoms with Gasteiger partial charge in [-0.25, -0.2) is 0 Å². The maximum atomic E-state index is 6.29. The summed E-state index contributed by atoms with van der Waals surface area (Å²) in [5, 5.41) is 4.59. The molecule has 1 aromatic rings. The van der Waals surface area contributed by atoms with Gasteiger partial charge in [0.1, 0.15) is 0 Å². The van der Waals surface area contributed by atoms with Gasteiger partial charge in [-0.05, 0) is 24.7 Å². The van der Waals surface area contributed by atoms with Crippen LogP contribution in [0.5, 0.6) is 0 Å². The first-order chi connectivity index (χ1) is 7.02. The Balaban J connectivity index is 2.53. The average molecular weight is 207 g/mol. The molecule has 0 saturated heterocycles. The van der Waals surface area contributed by atoms with E-state index in [9.17, 15) is 0 Å². The number of hydrogen-bond donors (Lipinski definition) is 1. The Hall–Kier alpha value is -0.830. The molecule has 0 fully saturated rings. The molecule has 0 amide bonds. The van der Waals surface area contributed by atoms with Gasteiger partial charge >= 0.3 is 0 Å². The number of aryl methyl sites for hydroxylation is 2. The fourth-order valence-electron chi connectivity index (χ4n) is 2.67. The summed E-state index contributed by atoms with van der Waals surface area (Å²) in [4.78, 5) is 0. The summed E-state index contributed by atoms with van der Waals surface area (Å²) in [6, 6.07) is 0.180. The first kappa shape index (κ1) is 10.7. The zero-order valence-electron chi connectivity index (χ0n) is 10.1. The fourth-order valence-corrected chi connectivity index (χ4v) is 2.67. The molecule has 0 saturated carbocycles. The SMILES string of the molecule is CC(C)c1c2c(nn1C)CCC(C)C2N. The number of nitrogens with two attached hydrogens (primary N) is 1. The molecule has 0 radical (unpaired) electrons. The van der Waals surface area contributed by atoms with Crippen LogP contribution in [0.3, 0.4) is 0 Å². The molecule has 2 atom stereocenters. The Labute approximate surface area is 91.7 Å². The molecule has 3 heteroatoms. The van der Waals surface area contributed by atoms with Crippen LogP contribution in [0.2, 0.25) is 0 Å². The summed E-state index contributed by atoms with van der Waals surface area (Å²) in [6.45, 7) is 6.66. The minimum atomic E-state index is 0.180. The molecule has 15 heavy (non-hydrogen) atoms. The highest BCUT2D eigenvalue weighted by Gasteiger charge is 2.30. The van der Waals surface area contributed by atoms with Crippen LogP contribution < -0.4 is 5.73 Å². The molecule has 2 unspecified atom stereocenters. The van der Waals surface area contributed by atoms with Crippen molar-refractivity contribution in [3.8, 4) is 0 Å². The maximum absolute atomic E-state index is 6.29. The third-order valence-corrected chi connectivity index (χ3v) is 3.54. The quantitative estimate of drug-likeness (QED) is 0.766. The van der Waals surface area contributed by atoms with E-state index in [1.54, 1.807) is 0 Å². The van der Waals surface area contributed by atoms with E-state index in [0.29, 0.717) is 11.8 Å². The van der Waals surface area contributed by atoms with E-state index >= 15 is 0 Å². The number of hydrogen-bond acceptors (Lipinski definition) is 2. The van der Waals surface area contributed by atoms with Crippen LogP contribution in [0, 0.1) is 5.92 Å². The Morgan fingerprint density at radius 3 is 2.73 bits per heavy atom. The monoisotopic (exact) mass is 207 g/mol. The molecule has 1 aliphatic rings. The molecule has 0 spiro atoms. The largest absolute Gasteiger partial charge is 0.324 e. The molecular weight excluding hydrogens is 186 g/mol. The van der Waals surface area contributed by atoms with E-state index < -0.39 is 0 Å². The van der Waals surface area contributed by atoms with Gasteiger partial charge in [0.2, 0.25) is 0 Å². The summed E-state index contributed by atoms with van der Waals surface area (Å²) in [5.41, 5.74) is 10.2. The molecule has 0 bridgehead atoms. The van der Waals surface area contributed by atoms with E-state index in [4.69, 9.17) is 5.73 Å². The normalized spacial score (nSPS) is 25.7. The van der Waals surface area contributed by atoms with Crippen LogP contribution >= 0.6 is 0 Å². The first-order valence-corrected chi connectivity index (χ1v) is 5.83. The topological polar surface area (TPSA) is 43.8 Å². The van der Waals surface area contributed by atoms with Gasteiger partial charge < -0.3 is 5.73 Å². The molecule has 3 nitrogen and oxygen atoms in total. The minimum absolute atomic E-state index is 0.180. The van der Waals surface area contributed by atoms with Gasteiger partial charge in [0, 0.05) is 24.3 Å². The molecule has 0 aliphatic heterocycles. The lowest BCUT2D eigenvalue weighted by atomic mass is 9.82. The Bertz CT molecular complexity index is 365. The third-order valence-electron chi connectivity index (χ3n) is 3.54. The van der Waals surface area contributed by atoms with E-state index in [-0.39, 0.29) is 6.04 Å². The molecule has 1 heterocycles. The Morgan fingerprint density at radius 2 is 2.13 bits per heavy atom. The summed E-state index contributed by atoms with van der Waals surface area (Å²) in [6.07, 6.45) is 2.26. The zero-order chi connectivity index (χ0) is 11.2. The number of rotatable bonds is 1. The van der Waals surface area contributed by atoms with Crippen molar-refractivity contribution in [3.05, 3.63) is 17.0 Å². The van der Waals surface area contributed by atoms with Crippen molar-refractivity contribution < 1.29 is 0 Å². The Morgan fingerprint density at radius 1 is 1.47 bits per heavy atom. The van der Waals surface area contributed by atoms with Gasteiger partial charge in [-0.1, -0.05) is 20.8 Å². The van der Waals surface area contributed by atoms with Crippen molar-refractivity contribution in [2.45, 2.75) is 45.6 Å². The highest BCUT2D eigenvalue weighted by molar-refractivity contribution is 5.34. The van der Waals surface area contributed by atoms with E-state index in [2.05, 4.69) is 25.9 Å². The van der Waals surface area contributed by atoms with Crippen molar-refractivity contribution in [2.75, 3.05) is 0 Å². The molecule has 2 N–H and O–H groups in total. The standard InChI is InChI=1S/C12H21N3/c1-7(2)12-10-9(14-15(12)4)6-5-8(3)11(10)13/h7-8,11H,5-6,13H2,1-4H3. The van der Waals surface area contributed by atoms with E-state index in [1.807, 2.05) is 11.7 Å². The van der Waals surface area contributed by atoms with E-state index in [1.165, 1.54) is 23.4 Å². The zero-order valence-corrected chi connectivity index (χ0v) is 10.1. The second-order valence-corrected chi connectivity index (χ2v) is 5.07. The molecule has 0 aromatic carbocycles. The van der Waals surface area contributed by atoms with Crippen LogP contribution in [-0.4, -0.2) is 9.78 Å². The lowest BCUT2D eigenvalue weighted by Gasteiger charge is -2.26. The number of aromatic nitrogens is 2. The van der Waals surface area contributed by atoms with Crippen LogP contribution in [0.25, 0.3) is 0 Å². The van der Waals surface area contributed by atoms with Gasteiger partial charge in [0.25, 0.3) is 0 Å². The van der Waals surface area contributed by atoms with Crippen LogP contribution in [0.4, 0.5) is 0 Å². The number of nitrogens with zero attached hydrogens (tertiary/aromatic N) is 2. The highest BCUT2D eigenvalue weighted by atomic mass is 15.3. The number of fused-ring (bicyclic) bond motifs is 1. The molecule has 84 valence electrons. The minimum Gasteiger partial charge on any atom is -0.324 e. The Kier molecular flexibility index (Phi) is 2.59. The smallest absolute Gasteiger partial charge is 0.0675 e. The van der Waals surface area contributed by atoms with Gasteiger partial charge in [-0.3, -0.25) is 4.68 Å². The van der Waals surface area contributed by atoms with E-state index in [0.717, 1.165) is 6.42 Å². The summed E-state index contributed by atoms with van der Waals surface area (Å²) < 4.78 is 2.02. The lowest BCUT2D eigenvalue weighted by molar-refractivity contribution is 0.407. The van der Waals surface area contributed by atoms with Crippen molar-refractivity contribution >= 4 is 0 Å². The van der Waals surface area contributed by atoms with Crippen LogP contribution in [-0.2, 0) is 13.5 Å². The van der Waals surface area contributed by atoms with Gasteiger partial charge in [0.05, 0.1) is 5.69 Å². The summed E-state index contributed by atoms with van der Waals surface area (Å²) >= 11 is 0. The van der Waals surface area contributed by atoms with Crippen LogP contribution in [0.15, 0.2) is 0 Å². The van der Waals surface area contributed by atoms with Crippen molar-refractivity contribution in [2.24, 2.45) is 18.7 Å². The second kappa shape index (κ2) is 3.63. The predicted octanol–water partition coefficient (Wildman–Crippen LogP) is 2.13. The predicted molar refractivity (Wildman–Crippen MR) is 61.7 cm³/mol. The van der Waals surface area contributed by atoms with Crippen molar-refractivity contribution in [1.29, 1.82) is 0 Å². The fraction of sp³-hybridized carbons (Fsp3) is 0.750. The van der Waals surface area contributed by atoms with Gasteiger partial charge in [0.15, 0.2) is 0 Å². The van der Waals surface area contributed by atoms with Gasteiger partial charge in [-0.15, -0.1) is 0 Å². The molecule has 1 aliphatic carbocycles. The van der Waals surface area contributed by atoms with Crippen LogP contribution in [0.1, 0.15) is 56.1 Å². The summed E-state index contributed by atoms with van der Waals surface area (Å²) in [5.74, 6) is 1.08. The van der Waals surface area contributed by atoms with Gasteiger partial charge in [-0.2, -0.15) is 5.10 Å². The lowest BCUT2D eigenvalue weighted by Crippen LogP contribution is -2.26.